The number of halogens is 1. The molecule has 2 aromatic heterocycles. The molecule has 2 N–H and O–H groups in total. The van der Waals surface area contributed by atoms with Gasteiger partial charge in [-0.15, -0.1) is 22.7 Å². The van der Waals surface area contributed by atoms with Crippen molar-refractivity contribution < 1.29 is 0 Å². The fourth-order valence-electron chi connectivity index (χ4n) is 1.81. The largest absolute Gasteiger partial charge is 0.318 e. The highest BCUT2D eigenvalue weighted by Crippen LogP contribution is 2.31. The van der Waals surface area contributed by atoms with E-state index in [0.29, 0.717) is 0 Å². The number of nitrogens with zero attached hydrogens (tertiary/aromatic N) is 1. The quantitative estimate of drug-likeness (QED) is 0.769. The van der Waals surface area contributed by atoms with Gasteiger partial charge in [-0.2, -0.15) is 0 Å². The van der Waals surface area contributed by atoms with E-state index in [1.54, 1.807) is 11.3 Å². The van der Waals surface area contributed by atoms with Crippen LogP contribution in [0.2, 0.25) is 4.34 Å². The van der Waals surface area contributed by atoms with Crippen LogP contribution in [0.1, 0.15) is 16.6 Å². The van der Waals surface area contributed by atoms with Gasteiger partial charge in [0.2, 0.25) is 0 Å². The Labute approximate surface area is 124 Å². The second kappa shape index (κ2) is 5.43. The van der Waals surface area contributed by atoms with Gasteiger partial charge < -0.3 is 5.73 Å². The molecule has 0 amide bonds. The number of aromatic nitrogens is 1. The minimum absolute atomic E-state index is 0.172. The topological polar surface area (TPSA) is 38.9 Å². The number of thiazole rings is 1. The van der Waals surface area contributed by atoms with Gasteiger partial charge in [-0.25, -0.2) is 4.98 Å². The average molecular weight is 307 g/mol. The first-order chi connectivity index (χ1) is 9.24. The molecule has 0 aliphatic heterocycles. The van der Waals surface area contributed by atoms with E-state index in [9.17, 15) is 0 Å². The van der Waals surface area contributed by atoms with E-state index in [2.05, 4.69) is 4.98 Å². The average Bonchev–Trinajstić information content (AvgIpc) is 3.07. The SMILES string of the molecule is NC(c1ccccc1)c1nc(-c2csc(Cl)c2)cs1. The van der Waals surface area contributed by atoms with Crippen LogP contribution in [-0.4, -0.2) is 4.98 Å². The molecule has 0 radical (unpaired) electrons. The van der Waals surface area contributed by atoms with Crippen molar-refractivity contribution in [2.75, 3.05) is 0 Å². The lowest BCUT2D eigenvalue weighted by atomic mass is 10.1. The molecule has 1 aromatic carbocycles. The highest BCUT2D eigenvalue weighted by atomic mass is 35.5. The van der Waals surface area contributed by atoms with Crippen molar-refractivity contribution in [1.82, 2.24) is 4.98 Å². The summed E-state index contributed by atoms with van der Waals surface area (Å²) in [5.41, 5.74) is 9.31. The lowest BCUT2D eigenvalue weighted by Crippen LogP contribution is -2.11. The Bertz CT molecular complexity index is 676. The number of nitrogens with two attached hydrogens (primary N) is 1. The molecule has 0 fully saturated rings. The lowest BCUT2D eigenvalue weighted by Gasteiger charge is -2.07. The molecule has 0 saturated heterocycles. The van der Waals surface area contributed by atoms with Crippen LogP contribution in [0.15, 0.2) is 47.2 Å². The van der Waals surface area contributed by atoms with Gasteiger partial charge in [0.15, 0.2) is 0 Å². The number of benzene rings is 1. The third-order valence-corrected chi connectivity index (χ3v) is 4.83. The van der Waals surface area contributed by atoms with Gasteiger partial charge in [0, 0.05) is 16.3 Å². The Morgan fingerprint density at radius 1 is 1.11 bits per heavy atom. The molecule has 0 spiro atoms. The van der Waals surface area contributed by atoms with E-state index in [-0.39, 0.29) is 6.04 Å². The summed E-state index contributed by atoms with van der Waals surface area (Å²) in [5.74, 6) is 0. The summed E-state index contributed by atoms with van der Waals surface area (Å²) in [4.78, 5) is 4.61. The number of hydrogen-bond donors (Lipinski definition) is 1. The molecule has 0 aliphatic carbocycles. The van der Waals surface area contributed by atoms with Gasteiger partial charge in [-0.05, 0) is 11.6 Å². The van der Waals surface area contributed by atoms with Gasteiger partial charge in [0.25, 0.3) is 0 Å². The number of rotatable bonds is 3. The maximum absolute atomic E-state index is 6.24. The van der Waals surface area contributed by atoms with Crippen molar-refractivity contribution in [3.05, 3.63) is 62.1 Å². The predicted octanol–water partition coefficient (Wildman–Crippen LogP) is 4.57. The zero-order valence-electron chi connectivity index (χ0n) is 9.92. The smallest absolute Gasteiger partial charge is 0.115 e. The molecule has 3 aromatic rings. The molecular weight excluding hydrogens is 296 g/mol. The maximum Gasteiger partial charge on any atom is 0.115 e. The van der Waals surface area contributed by atoms with Crippen molar-refractivity contribution in [2.24, 2.45) is 5.73 Å². The van der Waals surface area contributed by atoms with Crippen molar-refractivity contribution in [1.29, 1.82) is 0 Å². The molecule has 2 nitrogen and oxygen atoms in total. The molecule has 2 heterocycles. The summed E-state index contributed by atoms with van der Waals surface area (Å²) in [5, 5.41) is 4.95. The zero-order valence-corrected chi connectivity index (χ0v) is 12.3. The fourth-order valence-corrected chi connectivity index (χ4v) is 3.54. The van der Waals surface area contributed by atoms with Gasteiger partial charge in [-0.1, -0.05) is 41.9 Å². The van der Waals surface area contributed by atoms with Crippen LogP contribution in [0.25, 0.3) is 11.3 Å². The Balaban J connectivity index is 1.89. The molecule has 0 saturated carbocycles. The van der Waals surface area contributed by atoms with Crippen LogP contribution < -0.4 is 5.73 Å². The van der Waals surface area contributed by atoms with E-state index in [1.807, 2.05) is 47.2 Å². The van der Waals surface area contributed by atoms with Crippen molar-refractivity contribution >= 4 is 34.3 Å². The second-order valence-corrected chi connectivity index (χ2v) is 6.53. The molecule has 5 heteroatoms. The fraction of sp³-hybridized carbons (Fsp3) is 0.0714. The molecule has 96 valence electrons. The van der Waals surface area contributed by atoms with E-state index in [1.165, 1.54) is 11.3 Å². The molecule has 1 unspecified atom stereocenters. The maximum atomic E-state index is 6.24. The molecular formula is C14H11ClN2S2. The van der Waals surface area contributed by atoms with E-state index < -0.39 is 0 Å². The van der Waals surface area contributed by atoms with Gasteiger partial charge in [0.1, 0.15) is 5.01 Å². The molecule has 3 rings (SSSR count). The summed E-state index contributed by atoms with van der Waals surface area (Å²) >= 11 is 9.04. The van der Waals surface area contributed by atoms with Crippen LogP contribution in [0.3, 0.4) is 0 Å². The standard InChI is InChI=1S/C14H11ClN2S2/c15-12-6-10(7-18-12)11-8-19-14(17-11)13(16)9-4-2-1-3-5-9/h1-8,13H,16H2. The predicted molar refractivity (Wildman–Crippen MR) is 82.9 cm³/mol. The van der Waals surface area contributed by atoms with Gasteiger partial charge in [0.05, 0.1) is 16.1 Å². The zero-order chi connectivity index (χ0) is 13.2. The van der Waals surface area contributed by atoms with Crippen LogP contribution in [-0.2, 0) is 0 Å². The third kappa shape index (κ3) is 2.72. The highest BCUT2D eigenvalue weighted by molar-refractivity contribution is 7.14. The van der Waals surface area contributed by atoms with Crippen LogP contribution >= 0.6 is 34.3 Å². The summed E-state index contributed by atoms with van der Waals surface area (Å²) < 4.78 is 0.775. The first kappa shape index (κ1) is 12.8. The van der Waals surface area contributed by atoms with E-state index >= 15 is 0 Å². The summed E-state index contributed by atoms with van der Waals surface area (Å²) in [6.07, 6.45) is 0. The normalized spacial score (nSPS) is 12.5. The van der Waals surface area contributed by atoms with Crippen LogP contribution in [0.5, 0.6) is 0 Å². The minimum Gasteiger partial charge on any atom is -0.318 e. The van der Waals surface area contributed by atoms with Crippen molar-refractivity contribution in [3.63, 3.8) is 0 Å². The highest BCUT2D eigenvalue weighted by Gasteiger charge is 2.14. The first-order valence-electron chi connectivity index (χ1n) is 5.74. The number of hydrogen-bond acceptors (Lipinski definition) is 4. The Hall–Kier alpha value is -1.20. The monoisotopic (exact) mass is 306 g/mol. The van der Waals surface area contributed by atoms with Crippen LogP contribution in [0, 0.1) is 0 Å². The lowest BCUT2D eigenvalue weighted by molar-refractivity contribution is 0.859. The summed E-state index contributed by atoms with van der Waals surface area (Å²) in [6, 6.07) is 11.8. The van der Waals surface area contributed by atoms with Crippen LogP contribution in [0.4, 0.5) is 0 Å². The van der Waals surface area contributed by atoms with Crippen molar-refractivity contribution in [2.45, 2.75) is 6.04 Å². The molecule has 0 bridgehead atoms. The Morgan fingerprint density at radius 3 is 2.58 bits per heavy atom. The van der Waals surface area contributed by atoms with Gasteiger partial charge >= 0.3 is 0 Å². The third-order valence-electron chi connectivity index (χ3n) is 2.81. The first-order valence-corrected chi connectivity index (χ1v) is 7.88. The van der Waals surface area contributed by atoms with E-state index in [4.69, 9.17) is 17.3 Å². The van der Waals surface area contributed by atoms with Gasteiger partial charge in [-0.3, -0.25) is 0 Å². The molecule has 0 aliphatic rings. The Kier molecular flexibility index (Phi) is 3.66. The summed E-state index contributed by atoms with van der Waals surface area (Å²) in [7, 11) is 0. The van der Waals surface area contributed by atoms with Crippen molar-refractivity contribution in [3.8, 4) is 11.3 Å². The summed E-state index contributed by atoms with van der Waals surface area (Å²) in [6.45, 7) is 0. The number of thiophene rings is 1. The Morgan fingerprint density at radius 2 is 1.89 bits per heavy atom. The second-order valence-electron chi connectivity index (χ2n) is 4.10. The molecule has 19 heavy (non-hydrogen) atoms. The minimum atomic E-state index is -0.172. The molecule has 1 atom stereocenters. The van der Waals surface area contributed by atoms with E-state index in [0.717, 1.165) is 26.2 Å².